The monoisotopic (exact) mass is 193 g/mol. The molecule has 2 aromatic rings. The Labute approximate surface area is 81.5 Å². The topological polar surface area (TPSA) is 29.9 Å². The molecule has 0 aliphatic carbocycles. The van der Waals surface area contributed by atoms with Crippen LogP contribution in [0.4, 0.5) is 4.39 Å². The maximum atomic E-state index is 13.2. The fraction of sp³-hybridized carbons (Fsp3) is 0.300. The summed E-state index contributed by atoms with van der Waals surface area (Å²) in [5.41, 5.74) is 0.448. The molecule has 0 atom stereocenters. The van der Waals surface area contributed by atoms with E-state index in [9.17, 15) is 4.39 Å². The van der Waals surface area contributed by atoms with Gasteiger partial charge in [-0.2, -0.15) is 5.10 Å². The highest BCUT2D eigenvalue weighted by Crippen LogP contribution is 2.14. The first-order chi connectivity index (χ1) is 6.81. The molecule has 1 aromatic carbocycles. The Morgan fingerprint density at radius 3 is 3.07 bits per heavy atom. The van der Waals surface area contributed by atoms with Gasteiger partial charge in [-0.1, -0.05) is 12.1 Å². The van der Waals surface area contributed by atoms with Crippen LogP contribution in [0.1, 0.15) is 0 Å². The van der Waals surface area contributed by atoms with Crippen LogP contribution < -0.4 is 5.32 Å². The van der Waals surface area contributed by atoms with Crippen molar-refractivity contribution in [2.24, 2.45) is 0 Å². The van der Waals surface area contributed by atoms with Gasteiger partial charge in [0.05, 0.1) is 6.54 Å². The lowest BCUT2D eigenvalue weighted by Crippen LogP contribution is -2.15. The fourth-order valence-corrected chi connectivity index (χ4v) is 1.40. The minimum absolute atomic E-state index is 0.259. The number of aromatic nitrogens is 2. The second-order valence-electron chi connectivity index (χ2n) is 3.17. The zero-order valence-electron chi connectivity index (χ0n) is 8.00. The number of nitrogens with zero attached hydrogens (tertiary/aromatic N) is 2. The molecule has 0 aliphatic rings. The lowest BCUT2D eigenvalue weighted by atomic mass is 10.2. The maximum Gasteiger partial charge on any atom is 0.151 e. The third-order valence-electron chi connectivity index (χ3n) is 2.13. The van der Waals surface area contributed by atoms with E-state index in [2.05, 4.69) is 10.4 Å². The first-order valence-corrected chi connectivity index (χ1v) is 4.57. The summed E-state index contributed by atoms with van der Waals surface area (Å²) in [6, 6.07) is 4.99. The highest BCUT2D eigenvalue weighted by Gasteiger charge is 2.04. The van der Waals surface area contributed by atoms with Crippen LogP contribution in [0.3, 0.4) is 0 Å². The van der Waals surface area contributed by atoms with Gasteiger partial charge < -0.3 is 5.32 Å². The van der Waals surface area contributed by atoms with E-state index in [1.54, 1.807) is 10.7 Å². The normalized spacial score (nSPS) is 11.0. The van der Waals surface area contributed by atoms with E-state index in [1.807, 2.05) is 19.3 Å². The van der Waals surface area contributed by atoms with E-state index in [0.717, 1.165) is 18.5 Å². The van der Waals surface area contributed by atoms with Crippen molar-refractivity contribution in [1.29, 1.82) is 0 Å². The van der Waals surface area contributed by atoms with Crippen molar-refractivity contribution < 1.29 is 4.39 Å². The Morgan fingerprint density at radius 1 is 1.50 bits per heavy atom. The molecule has 4 heteroatoms. The van der Waals surface area contributed by atoms with E-state index >= 15 is 0 Å². The molecular weight excluding hydrogens is 181 g/mol. The van der Waals surface area contributed by atoms with Crippen LogP contribution in [0.15, 0.2) is 24.4 Å². The summed E-state index contributed by atoms with van der Waals surface area (Å²) in [5, 5.41) is 8.02. The van der Waals surface area contributed by atoms with Crippen LogP contribution >= 0.6 is 0 Å². The molecular formula is C10H12FN3. The highest BCUT2D eigenvalue weighted by atomic mass is 19.1. The van der Waals surface area contributed by atoms with Gasteiger partial charge in [-0.15, -0.1) is 0 Å². The van der Waals surface area contributed by atoms with Gasteiger partial charge in [-0.3, -0.25) is 4.68 Å². The maximum absolute atomic E-state index is 13.2. The number of fused-ring (bicyclic) bond motifs is 1. The second-order valence-corrected chi connectivity index (χ2v) is 3.17. The van der Waals surface area contributed by atoms with Crippen molar-refractivity contribution in [3.8, 4) is 0 Å². The number of hydrogen-bond acceptors (Lipinski definition) is 2. The minimum Gasteiger partial charge on any atom is -0.318 e. The smallest absolute Gasteiger partial charge is 0.151 e. The van der Waals surface area contributed by atoms with E-state index in [-0.39, 0.29) is 5.82 Å². The molecule has 0 fully saturated rings. The summed E-state index contributed by atoms with van der Waals surface area (Å²) in [5.74, 6) is -0.259. The molecule has 74 valence electrons. The molecule has 1 N–H and O–H groups in total. The third kappa shape index (κ3) is 1.61. The second kappa shape index (κ2) is 3.75. The number of hydrogen-bond donors (Lipinski definition) is 1. The average molecular weight is 193 g/mol. The molecule has 0 saturated carbocycles. The fourth-order valence-electron chi connectivity index (χ4n) is 1.40. The summed E-state index contributed by atoms with van der Waals surface area (Å²) < 4.78 is 15.0. The number of nitrogens with one attached hydrogen (secondary N) is 1. The first-order valence-electron chi connectivity index (χ1n) is 4.57. The first kappa shape index (κ1) is 9.15. The van der Waals surface area contributed by atoms with Crippen LogP contribution in [0.25, 0.3) is 10.9 Å². The standard InChI is InChI=1S/C10H12FN3/c1-12-5-6-14-7-8-3-2-4-9(11)10(8)13-14/h2-4,7,12H,5-6H2,1H3. The molecule has 1 aromatic heterocycles. The summed E-state index contributed by atoms with van der Waals surface area (Å²) >= 11 is 0. The third-order valence-corrected chi connectivity index (χ3v) is 2.13. The molecule has 0 radical (unpaired) electrons. The van der Waals surface area contributed by atoms with Crippen LogP contribution in [-0.4, -0.2) is 23.4 Å². The Bertz CT molecular complexity index is 436. The van der Waals surface area contributed by atoms with Crippen LogP contribution in [-0.2, 0) is 6.54 Å². The average Bonchev–Trinajstić information content (AvgIpc) is 2.59. The van der Waals surface area contributed by atoms with Crippen LogP contribution in [0, 0.1) is 5.82 Å². The Kier molecular flexibility index (Phi) is 2.45. The van der Waals surface area contributed by atoms with Crippen molar-refractivity contribution in [2.75, 3.05) is 13.6 Å². The molecule has 2 rings (SSSR count). The zero-order chi connectivity index (χ0) is 9.97. The number of rotatable bonds is 3. The van der Waals surface area contributed by atoms with E-state index in [4.69, 9.17) is 0 Å². The zero-order valence-corrected chi connectivity index (χ0v) is 8.00. The van der Waals surface area contributed by atoms with Crippen LogP contribution in [0.5, 0.6) is 0 Å². The number of halogens is 1. The van der Waals surface area contributed by atoms with Crippen molar-refractivity contribution in [3.63, 3.8) is 0 Å². The summed E-state index contributed by atoms with van der Waals surface area (Å²) in [7, 11) is 1.88. The van der Waals surface area contributed by atoms with Crippen molar-refractivity contribution in [1.82, 2.24) is 15.1 Å². The van der Waals surface area contributed by atoms with E-state index in [1.165, 1.54) is 6.07 Å². The van der Waals surface area contributed by atoms with E-state index < -0.39 is 0 Å². The quantitative estimate of drug-likeness (QED) is 0.798. The Hall–Kier alpha value is -1.42. The number of likely N-dealkylation sites (N-methyl/N-ethyl adjacent to an activating group) is 1. The van der Waals surface area contributed by atoms with Crippen molar-refractivity contribution in [3.05, 3.63) is 30.2 Å². The molecule has 3 nitrogen and oxygen atoms in total. The van der Waals surface area contributed by atoms with E-state index in [0.29, 0.717) is 5.52 Å². The lowest BCUT2D eigenvalue weighted by Gasteiger charge is -1.97. The SMILES string of the molecule is CNCCn1cc2cccc(F)c2n1. The van der Waals surface area contributed by atoms with Gasteiger partial charge in [-0.25, -0.2) is 4.39 Å². The minimum atomic E-state index is -0.259. The van der Waals surface area contributed by atoms with Gasteiger partial charge in [0.15, 0.2) is 5.82 Å². The molecule has 1 heterocycles. The van der Waals surface area contributed by atoms with Gasteiger partial charge in [0.2, 0.25) is 0 Å². The van der Waals surface area contributed by atoms with Crippen LogP contribution in [0.2, 0.25) is 0 Å². The summed E-state index contributed by atoms with van der Waals surface area (Å²) in [4.78, 5) is 0. The Balaban J connectivity index is 2.36. The molecule has 0 saturated heterocycles. The van der Waals surface area contributed by atoms with Crippen molar-refractivity contribution >= 4 is 10.9 Å². The molecule has 0 aliphatic heterocycles. The lowest BCUT2D eigenvalue weighted by molar-refractivity contribution is 0.582. The summed E-state index contributed by atoms with van der Waals surface area (Å²) in [6.07, 6.45) is 1.86. The molecule has 0 spiro atoms. The summed E-state index contributed by atoms with van der Waals surface area (Å²) in [6.45, 7) is 1.58. The van der Waals surface area contributed by atoms with Gasteiger partial charge in [0, 0.05) is 18.1 Å². The molecule has 0 amide bonds. The Morgan fingerprint density at radius 2 is 2.36 bits per heavy atom. The van der Waals surface area contributed by atoms with Gasteiger partial charge in [-0.05, 0) is 13.1 Å². The van der Waals surface area contributed by atoms with Gasteiger partial charge in [0.25, 0.3) is 0 Å². The predicted octanol–water partition coefficient (Wildman–Crippen LogP) is 1.39. The number of benzene rings is 1. The predicted molar refractivity (Wildman–Crippen MR) is 53.6 cm³/mol. The van der Waals surface area contributed by atoms with Gasteiger partial charge in [0.1, 0.15) is 5.52 Å². The largest absolute Gasteiger partial charge is 0.318 e. The molecule has 0 bridgehead atoms. The van der Waals surface area contributed by atoms with Gasteiger partial charge >= 0.3 is 0 Å². The highest BCUT2D eigenvalue weighted by molar-refractivity contribution is 5.78. The molecule has 0 unspecified atom stereocenters. The molecule has 14 heavy (non-hydrogen) atoms. The van der Waals surface area contributed by atoms with Crippen molar-refractivity contribution in [2.45, 2.75) is 6.54 Å².